The van der Waals surface area contributed by atoms with Gasteiger partial charge in [-0.3, -0.25) is 9.97 Å². The molecule has 0 amide bonds. The van der Waals surface area contributed by atoms with Crippen LogP contribution in [0, 0.1) is 6.92 Å². The summed E-state index contributed by atoms with van der Waals surface area (Å²) >= 11 is 1.72. The van der Waals surface area contributed by atoms with Crippen LogP contribution in [0.5, 0.6) is 0 Å². The van der Waals surface area contributed by atoms with E-state index >= 15 is 0 Å². The average molecular weight is 248 g/mol. The molecule has 0 aliphatic rings. The molecule has 0 atom stereocenters. The van der Waals surface area contributed by atoms with Crippen molar-refractivity contribution in [2.75, 3.05) is 0 Å². The second-order valence-electron chi connectivity index (χ2n) is 3.84. The molecule has 0 bridgehead atoms. The molecule has 0 spiro atoms. The van der Waals surface area contributed by atoms with Gasteiger partial charge in [0.15, 0.2) is 0 Å². The highest BCUT2D eigenvalue weighted by Crippen LogP contribution is 2.09. The summed E-state index contributed by atoms with van der Waals surface area (Å²) in [4.78, 5) is 13.0. The number of aryl methyl sites for hydroxylation is 2. The maximum absolute atomic E-state index is 4.49. The van der Waals surface area contributed by atoms with Crippen molar-refractivity contribution in [3.8, 4) is 0 Å². The summed E-state index contributed by atoms with van der Waals surface area (Å²) in [5.41, 5.74) is 3.01. The van der Waals surface area contributed by atoms with Gasteiger partial charge in [-0.25, -0.2) is 4.98 Å². The first-order valence-electron chi connectivity index (χ1n) is 5.69. The fourth-order valence-electron chi connectivity index (χ4n) is 1.42. The van der Waals surface area contributed by atoms with E-state index in [1.54, 1.807) is 23.7 Å². The minimum atomic E-state index is 0.728. The van der Waals surface area contributed by atoms with Crippen molar-refractivity contribution in [1.82, 2.24) is 20.3 Å². The fraction of sp³-hybridized carbons (Fsp3) is 0.417. The van der Waals surface area contributed by atoms with Gasteiger partial charge in [0.2, 0.25) is 0 Å². The highest BCUT2D eigenvalue weighted by Gasteiger charge is 2.00. The van der Waals surface area contributed by atoms with Gasteiger partial charge in [-0.15, -0.1) is 11.3 Å². The predicted octanol–water partition coefficient (Wildman–Crippen LogP) is 2.09. The normalized spacial score (nSPS) is 10.7. The van der Waals surface area contributed by atoms with E-state index in [2.05, 4.69) is 32.6 Å². The van der Waals surface area contributed by atoms with Gasteiger partial charge in [-0.05, 0) is 13.3 Å². The van der Waals surface area contributed by atoms with E-state index in [1.165, 1.54) is 5.01 Å². The third-order valence-corrected chi connectivity index (χ3v) is 3.39. The molecule has 5 heteroatoms. The Morgan fingerprint density at radius 1 is 1.18 bits per heavy atom. The van der Waals surface area contributed by atoms with Crippen LogP contribution < -0.4 is 5.32 Å². The van der Waals surface area contributed by atoms with Gasteiger partial charge < -0.3 is 5.32 Å². The number of thiazole rings is 1. The molecular weight excluding hydrogens is 232 g/mol. The fourth-order valence-corrected chi connectivity index (χ4v) is 2.17. The lowest BCUT2D eigenvalue weighted by molar-refractivity contribution is 0.665. The van der Waals surface area contributed by atoms with E-state index in [0.717, 1.165) is 36.6 Å². The second-order valence-corrected chi connectivity index (χ2v) is 4.78. The SMILES string of the molecule is CCc1nc(CNCc2cnc(C)cn2)cs1. The van der Waals surface area contributed by atoms with Gasteiger partial charge in [0.1, 0.15) is 0 Å². The van der Waals surface area contributed by atoms with Crippen LogP contribution in [0.4, 0.5) is 0 Å². The Balaban J connectivity index is 1.81. The van der Waals surface area contributed by atoms with Crippen molar-refractivity contribution in [2.45, 2.75) is 33.4 Å². The summed E-state index contributed by atoms with van der Waals surface area (Å²) in [5.74, 6) is 0. The number of nitrogens with zero attached hydrogens (tertiary/aromatic N) is 3. The Hall–Kier alpha value is -1.33. The van der Waals surface area contributed by atoms with Crippen LogP contribution in [-0.2, 0) is 19.5 Å². The molecule has 0 saturated heterocycles. The van der Waals surface area contributed by atoms with Crippen LogP contribution in [0.3, 0.4) is 0 Å². The predicted molar refractivity (Wildman–Crippen MR) is 68.8 cm³/mol. The quantitative estimate of drug-likeness (QED) is 0.880. The molecular formula is C12H16N4S. The molecule has 1 N–H and O–H groups in total. The Kier molecular flexibility index (Phi) is 4.17. The van der Waals surface area contributed by atoms with Gasteiger partial charge in [0.25, 0.3) is 0 Å². The molecule has 2 aromatic heterocycles. The zero-order chi connectivity index (χ0) is 12.1. The topological polar surface area (TPSA) is 50.7 Å². The monoisotopic (exact) mass is 248 g/mol. The lowest BCUT2D eigenvalue weighted by Crippen LogP contribution is -2.14. The maximum Gasteiger partial charge on any atom is 0.0926 e. The minimum absolute atomic E-state index is 0.728. The molecule has 0 aliphatic carbocycles. The summed E-state index contributed by atoms with van der Waals surface area (Å²) in [6.07, 6.45) is 4.60. The molecule has 0 fully saturated rings. The van der Waals surface area contributed by atoms with Crippen LogP contribution in [0.15, 0.2) is 17.8 Å². The van der Waals surface area contributed by atoms with Crippen molar-refractivity contribution >= 4 is 11.3 Å². The number of hydrogen-bond donors (Lipinski definition) is 1. The molecule has 4 nitrogen and oxygen atoms in total. The zero-order valence-electron chi connectivity index (χ0n) is 10.1. The van der Waals surface area contributed by atoms with E-state index in [9.17, 15) is 0 Å². The number of rotatable bonds is 5. The van der Waals surface area contributed by atoms with E-state index < -0.39 is 0 Å². The Morgan fingerprint density at radius 2 is 2.00 bits per heavy atom. The summed E-state index contributed by atoms with van der Waals surface area (Å²) in [6, 6.07) is 0. The zero-order valence-corrected chi connectivity index (χ0v) is 10.9. The molecule has 2 heterocycles. The minimum Gasteiger partial charge on any atom is -0.305 e. The molecule has 0 radical (unpaired) electrons. The number of hydrogen-bond acceptors (Lipinski definition) is 5. The van der Waals surface area contributed by atoms with Crippen molar-refractivity contribution in [3.63, 3.8) is 0 Å². The van der Waals surface area contributed by atoms with Gasteiger partial charge >= 0.3 is 0 Å². The molecule has 2 aromatic rings. The van der Waals surface area contributed by atoms with E-state index in [4.69, 9.17) is 0 Å². The van der Waals surface area contributed by atoms with E-state index in [-0.39, 0.29) is 0 Å². The van der Waals surface area contributed by atoms with Crippen molar-refractivity contribution < 1.29 is 0 Å². The molecule has 90 valence electrons. The van der Waals surface area contributed by atoms with Crippen molar-refractivity contribution in [2.24, 2.45) is 0 Å². The molecule has 17 heavy (non-hydrogen) atoms. The van der Waals surface area contributed by atoms with E-state index in [1.807, 2.05) is 6.92 Å². The maximum atomic E-state index is 4.49. The van der Waals surface area contributed by atoms with Gasteiger partial charge in [-0.2, -0.15) is 0 Å². The molecule has 0 aromatic carbocycles. The molecule has 0 saturated carbocycles. The van der Waals surface area contributed by atoms with Crippen LogP contribution in [-0.4, -0.2) is 15.0 Å². The van der Waals surface area contributed by atoms with Crippen LogP contribution in [0.2, 0.25) is 0 Å². The average Bonchev–Trinajstić information content (AvgIpc) is 2.80. The highest BCUT2D eigenvalue weighted by molar-refractivity contribution is 7.09. The Morgan fingerprint density at radius 3 is 2.65 bits per heavy atom. The van der Waals surface area contributed by atoms with Gasteiger partial charge in [-0.1, -0.05) is 6.92 Å². The molecule has 2 rings (SSSR count). The largest absolute Gasteiger partial charge is 0.305 e. The van der Waals surface area contributed by atoms with E-state index in [0.29, 0.717) is 0 Å². The van der Waals surface area contributed by atoms with Crippen molar-refractivity contribution in [1.29, 1.82) is 0 Å². The molecule has 0 unspecified atom stereocenters. The third-order valence-electron chi connectivity index (χ3n) is 2.35. The summed E-state index contributed by atoms with van der Waals surface area (Å²) < 4.78 is 0. The lowest BCUT2D eigenvalue weighted by atomic mass is 10.4. The van der Waals surface area contributed by atoms with Gasteiger partial charge in [0, 0.05) is 30.9 Å². The standard InChI is InChI=1S/C12H16N4S/c1-3-12-16-11(8-17-12)6-13-5-10-7-14-9(2)4-15-10/h4,7-8,13H,3,5-6H2,1-2H3. The third kappa shape index (κ3) is 3.57. The first-order valence-corrected chi connectivity index (χ1v) is 6.57. The Labute approximate surface area is 105 Å². The summed E-state index contributed by atoms with van der Waals surface area (Å²) in [5, 5.41) is 6.61. The van der Waals surface area contributed by atoms with Crippen LogP contribution >= 0.6 is 11.3 Å². The number of nitrogens with one attached hydrogen (secondary N) is 1. The van der Waals surface area contributed by atoms with Crippen LogP contribution in [0.25, 0.3) is 0 Å². The first-order chi connectivity index (χ1) is 8.28. The summed E-state index contributed by atoms with van der Waals surface area (Å²) in [6.45, 7) is 5.57. The Bertz CT molecular complexity index is 464. The van der Waals surface area contributed by atoms with Crippen molar-refractivity contribution in [3.05, 3.63) is 39.9 Å². The summed E-state index contributed by atoms with van der Waals surface area (Å²) in [7, 11) is 0. The van der Waals surface area contributed by atoms with Gasteiger partial charge in [0.05, 0.1) is 22.1 Å². The highest BCUT2D eigenvalue weighted by atomic mass is 32.1. The first kappa shape index (κ1) is 12.1. The van der Waals surface area contributed by atoms with Crippen LogP contribution in [0.1, 0.15) is 29.0 Å². The molecule has 0 aliphatic heterocycles. The second kappa shape index (κ2) is 5.84. The lowest BCUT2D eigenvalue weighted by Gasteiger charge is -2.02. The number of aromatic nitrogens is 3. The smallest absolute Gasteiger partial charge is 0.0926 e.